The Hall–Kier alpha value is -0.0400. The Morgan fingerprint density at radius 1 is 1.20 bits per heavy atom. The number of nitrogens with zero attached hydrogens (tertiary/aromatic N) is 1. The van der Waals surface area contributed by atoms with Gasteiger partial charge >= 0.3 is 0 Å². The molecule has 60 valence electrons. The molecule has 1 saturated carbocycles. The minimum atomic E-state index is 1.12. The van der Waals surface area contributed by atoms with Gasteiger partial charge in [0.2, 0.25) is 0 Å². The standard InChI is InChI=1S/C6H11N.C3H8/c1-7-3-5-2-6(5)4-7;1-3-2/h5-6H,2-4H2,1H3;3H2,1-2H3. The zero-order valence-electron chi connectivity index (χ0n) is 7.43. The third-order valence-electron chi connectivity index (χ3n) is 2.16. The smallest absolute Gasteiger partial charge is 0.000997 e. The van der Waals surface area contributed by atoms with Crippen LogP contribution in [0.15, 0.2) is 0 Å². The van der Waals surface area contributed by atoms with E-state index in [0.29, 0.717) is 0 Å². The average molecular weight is 141 g/mol. The van der Waals surface area contributed by atoms with Crippen LogP contribution in [0.25, 0.3) is 0 Å². The molecule has 1 aliphatic heterocycles. The van der Waals surface area contributed by atoms with Gasteiger partial charge in [0.1, 0.15) is 0 Å². The van der Waals surface area contributed by atoms with E-state index in [9.17, 15) is 0 Å². The van der Waals surface area contributed by atoms with Crippen LogP contribution in [0.2, 0.25) is 0 Å². The van der Waals surface area contributed by atoms with Crippen LogP contribution in [-0.4, -0.2) is 25.0 Å². The summed E-state index contributed by atoms with van der Waals surface area (Å²) in [5.41, 5.74) is 0. The second-order valence-corrected chi connectivity index (χ2v) is 3.68. The van der Waals surface area contributed by atoms with Gasteiger partial charge in [-0.3, -0.25) is 0 Å². The third kappa shape index (κ3) is 1.98. The maximum absolute atomic E-state index is 2.43. The van der Waals surface area contributed by atoms with E-state index < -0.39 is 0 Å². The topological polar surface area (TPSA) is 3.24 Å². The Morgan fingerprint density at radius 2 is 1.60 bits per heavy atom. The molecule has 1 nitrogen and oxygen atoms in total. The maximum Gasteiger partial charge on any atom is 0.000997 e. The van der Waals surface area contributed by atoms with E-state index in [1.54, 1.807) is 0 Å². The minimum absolute atomic E-state index is 1.12. The fraction of sp³-hybridized carbons (Fsp3) is 1.00. The predicted octanol–water partition coefficient (Wildman–Crippen LogP) is 1.98. The lowest BCUT2D eigenvalue weighted by molar-refractivity contribution is 0.373. The Morgan fingerprint density at radius 3 is 1.80 bits per heavy atom. The molecular formula is C9H19N. The molecule has 1 saturated heterocycles. The molecule has 0 N–H and O–H groups in total. The van der Waals surface area contributed by atoms with Crippen LogP contribution >= 0.6 is 0 Å². The summed E-state index contributed by atoms with van der Waals surface area (Å²) in [7, 11) is 2.21. The van der Waals surface area contributed by atoms with Crippen molar-refractivity contribution in [3.05, 3.63) is 0 Å². The van der Waals surface area contributed by atoms with Crippen molar-refractivity contribution in [1.82, 2.24) is 4.90 Å². The predicted molar refractivity (Wildman–Crippen MR) is 45.1 cm³/mol. The lowest BCUT2D eigenvalue weighted by Gasteiger charge is -2.06. The van der Waals surface area contributed by atoms with Gasteiger partial charge in [-0.05, 0) is 25.3 Å². The molecule has 2 aliphatic rings. The number of likely N-dealkylation sites (tertiary alicyclic amines) is 1. The SMILES string of the molecule is CCC.CN1CC2CC2C1. The molecule has 0 spiro atoms. The van der Waals surface area contributed by atoms with Gasteiger partial charge in [0.05, 0.1) is 0 Å². The summed E-state index contributed by atoms with van der Waals surface area (Å²) in [5.74, 6) is 2.23. The normalized spacial score (nSPS) is 36.3. The fourth-order valence-corrected chi connectivity index (χ4v) is 1.63. The lowest BCUT2D eigenvalue weighted by atomic mass is 10.4. The summed E-state index contributed by atoms with van der Waals surface area (Å²) in [6.07, 6.45) is 2.78. The molecule has 0 amide bonds. The zero-order valence-corrected chi connectivity index (χ0v) is 7.43. The zero-order chi connectivity index (χ0) is 7.56. The molecule has 1 heterocycles. The summed E-state index contributed by atoms with van der Waals surface area (Å²) >= 11 is 0. The number of piperidine rings is 1. The van der Waals surface area contributed by atoms with Crippen LogP contribution in [-0.2, 0) is 0 Å². The molecular weight excluding hydrogens is 122 g/mol. The first-order valence-corrected chi connectivity index (χ1v) is 4.46. The first-order chi connectivity index (χ1) is 4.77. The second-order valence-electron chi connectivity index (χ2n) is 3.68. The quantitative estimate of drug-likeness (QED) is 0.498. The van der Waals surface area contributed by atoms with E-state index in [-0.39, 0.29) is 0 Å². The number of rotatable bonds is 0. The molecule has 10 heavy (non-hydrogen) atoms. The van der Waals surface area contributed by atoms with Crippen molar-refractivity contribution in [3.63, 3.8) is 0 Å². The molecule has 0 aromatic rings. The van der Waals surface area contributed by atoms with Gasteiger partial charge in [0.15, 0.2) is 0 Å². The highest BCUT2D eigenvalue weighted by Gasteiger charge is 2.43. The Bertz CT molecular complexity index is 90.9. The Labute approximate surface area is 64.4 Å². The Kier molecular flexibility index (Phi) is 2.72. The van der Waals surface area contributed by atoms with Crippen LogP contribution in [0.5, 0.6) is 0 Å². The molecule has 0 aromatic heterocycles. The van der Waals surface area contributed by atoms with Crippen molar-refractivity contribution in [2.24, 2.45) is 11.8 Å². The van der Waals surface area contributed by atoms with Crippen LogP contribution < -0.4 is 0 Å². The van der Waals surface area contributed by atoms with Crippen LogP contribution in [0, 0.1) is 11.8 Å². The first kappa shape index (κ1) is 8.06. The van der Waals surface area contributed by atoms with Crippen molar-refractivity contribution >= 4 is 0 Å². The molecule has 0 bridgehead atoms. The van der Waals surface area contributed by atoms with E-state index in [0.717, 1.165) is 11.8 Å². The van der Waals surface area contributed by atoms with E-state index in [1.807, 2.05) is 0 Å². The van der Waals surface area contributed by atoms with Crippen molar-refractivity contribution in [2.75, 3.05) is 20.1 Å². The van der Waals surface area contributed by atoms with E-state index in [2.05, 4.69) is 25.8 Å². The summed E-state index contributed by atoms with van der Waals surface area (Å²) in [6.45, 7) is 7.01. The molecule has 2 unspecified atom stereocenters. The van der Waals surface area contributed by atoms with Gasteiger partial charge in [-0.2, -0.15) is 0 Å². The highest BCUT2D eigenvalue weighted by Crippen LogP contribution is 2.43. The number of fused-ring (bicyclic) bond motifs is 1. The number of hydrogen-bond acceptors (Lipinski definition) is 1. The third-order valence-corrected chi connectivity index (χ3v) is 2.16. The Balaban J connectivity index is 0.000000148. The van der Waals surface area contributed by atoms with Crippen molar-refractivity contribution < 1.29 is 0 Å². The molecule has 2 fully saturated rings. The monoisotopic (exact) mass is 141 g/mol. The first-order valence-electron chi connectivity index (χ1n) is 4.46. The summed E-state index contributed by atoms with van der Waals surface area (Å²) in [5, 5.41) is 0. The largest absolute Gasteiger partial charge is 0.306 e. The van der Waals surface area contributed by atoms with Crippen LogP contribution in [0.1, 0.15) is 26.7 Å². The van der Waals surface area contributed by atoms with Gasteiger partial charge in [-0.1, -0.05) is 20.3 Å². The minimum Gasteiger partial charge on any atom is -0.306 e. The highest BCUT2D eigenvalue weighted by atomic mass is 15.1. The summed E-state index contributed by atoms with van der Waals surface area (Å²) in [4.78, 5) is 2.43. The molecule has 0 radical (unpaired) electrons. The van der Waals surface area contributed by atoms with Crippen LogP contribution in [0.4, 0.5) is 0 Å². The second kappa shape index (κ2) is 3.38. The highest BCUT2D eigenvalue weighted by molar-refractivity contribution is 4.95. The van der Waals surface area contributed by atoms with Gasteiger partial charge in [0, 0.05) is 13.1 Å². The van der Waals surface area contributed by atoms with Gasteiger partial charge in [-0.15, -0.1) is 0 Å². The summed E-state index contributed by atoms with van der Waals surface area (Å²) in [6, 6.07) is 0. The van der Waals surface area contributed by atoms with Gasteiger partial charge in [0.25, 0.3) is 0 Å². The maximum atomic E-state index is 2.43. The van der Waals surface area contributed by atoms with E-state index >= 15 is 0 Å². The van der Waals surface area contributed by atoms with E-state index in [4.69, 9.17) is 0 Å². The van der Waals surface area contributed by atoms with E-state index in [1.165, 1.54) is 25.9 Å². The lowest BCUT2D eigenvalue weighted by Crippen LogP contribution is -2.15. The van der Waals surface area contributed by atoms with Crippen molar-refractivity contribution in [1.29, 1.82) is 0 Å². The van der Waals surface area contributed by atoms with Crippen molar-refractivity contribution in [2.45, 2.75) is 26.7 Å². The number of hydrogen-bond donors (Lipinski definition) is 0. The molecule has 2 rings (SSSR count). The summed E-state index contributed by atoms with van der Waals surface area (Å²) < 4.78 is 0. The van der Waals surface area contributed by atoms with Crippen molar-refractivity contribution in [3.8, 4) is 0 Å². The van der Waals surface area contributed by atoms with Crippen LogP contribution in [0.3, 0.4) is 0 Å². The molecule has 2 atom stereocenters. The average Bonchev–Trinajstić information content (AvgIpc) is 2.42. The molecule has 1 aliphatic carbocycles. The van der Waals surface area contributed by atoms with Gasteiger partial charge < -0.3 is 4.90 Å². The van der Waals surface area contributed by atoms with Gasteiger partial charge in [-0.25, -0.2) is 0 Å². The molecule has 0 aromatic carbocycles. The fourth-order valence-electron chi connectivity index (χ4n) is 1.63. The molecule has 1 heteroatoms.